The number of pyridine rings is 1. The molecule has 1 heterocycles. The summed E-state index contributed by atoms with van der Waals surface area (Å²) in [6, 6.07) is 5.79. The van der Waals surface area contributed by atoms with Gasteiger partial charge in [-0.2, -0.15) is 0 Å². The van der Waals surface area contributed by atoms with Crippen LogP contribution in [0, 0.1) is 0 Å². The number of hydrogen-bond acceptors (Lipinski definition) is 2. The lowest BCUT2D eigenvalue weighted by Crippen LogP contribution is -2.06. The first-order valence-electron chi connectivity index (χ1n) is 2.97. The van der Waals surface area contributed by atoms with Crippen molar-refractivity contribution in [3.05, 3.63) is 30.1 Å². The third kappa shape index (κ3) is 2.33. The van der Waals surface area contributed by atoms with Gasteiger partial charge >= 0.3 is 0 Å². The van der Waals surface area contributed by atoms with Gasteiger partial charge in [0.15, 0.2) is 0 Å². The molecule has 0 aromatic carbocycles. The standard InChI is InChI=1S/C7H10N2.ClH/c1-6(8)7-4-2-3-5-9-7;/h2-6H,8H2,1H3;1H/t6-;/m1./s1. The van der Waals surface area contributed by atoms with Crippen molar-refractivity contribution in [2.24, 2.45) is 5.73 Å². The van der Waals surface area contributed by atoms with Crippen LogP contribution in [-0.2, 0) is 0 Å². The fraction of sp³-hybridized carbons (Fsp3) is 0.286. The first-order chi connectivity index (χ1) is 4.30. The third-order valence-electron chi connectivity index (χ3n) is 1.15. The molecule has 10 heavy (non-hydrogen) atoms. The van der Waals surface area contributed by atoms with E-state index in [9.17, 15) is 0 Å². The quantitative estimate of drug-likeness (QED) is 0.673. The van der Waals surface area contributed by atoms with Gasteiger partial charge in [-0.15, -0.1) is 12.4 Å². The molecule has 56 valence electrons. The fourth-order valence-electron chi connectivity index (χ4n) is 0.645. The molecule has 0 bridgehead atoms. The number of nitrogens with two attached hydrogens (primary N) is 1. The lowest BCUT2D eigenvalue weighted by molar-refractivity contribution is 0.781. The van der Waals surface area contributed by atoms with E-state index in [1.165, 1.54) is 0 Å². The first kappa shape index (κ1) is 9.40. The van der Waals surface area contributed by atoms with E-state index in [4.69, 9.17) is 5.73 Å². The molecule has 0 radical (unpaired) electrons. The molecule has 1 atom stereocenters. The SMILES string of the molecule is C[C@@H](N)c1ccccn1.Cl. The van der Waals surface area contributed by atoms with Gasteiger partial charge in [-0.3, -0.25) is 4.98 Å². The molecule has 0 saturated carbocycles. The molecular formula is C7H11ClN2. The molecule has 0 amide bonds. The van der Waals surface area contributed by atoms with Gasteiger partial charge < -0.3 is 5.73 Å². The lowest BCUT2D eigenvalue weighted by Gasteiger charge is -2.00. The number of hydrogen-bond donors (Lipinski definition) is 1. The largest absolute Gasteiger partial charge is 0.323 e. The summed E-state index contributed by atoms with van der Waals surface area (Å²) in [5, 5.41) is 0. The molecule has 0 unspecified atom stereocenters. The van der Waals surface area contributed by atoms with Crippen molar-refractivity contribution in [1.29, 1.82) is 0 Å². The van der Waals surface area contributed by atoms with Crippen LogP contribution in [0.2, 0.25) is 0 Å². The van der Waals surface area contributed by atoms with Crippen LogP contribution < -0.4 is 5.73 Å². The van der Waals surface area contributed by atoms with Crippen molar-refractivity contribution < 1.29 is 0 Å². The van der Waals surface area contributed by atoms with Crippen molar-refractivity contribution in [2.75, 3.05) is 0 Å². The molecule has 0 fully saturated rings. The van der Waals surface area contributed by atoms with Crippen LogP contribution in [0.3, 0.4) is 0 Å². The highest BCUT2D eigenvalue weighted by Crippen LogP contribution is 2.02. The van der Waals surface area contributed by atoms with Crippen LogP contribution in [0.1, 0.15) is 18.7 Å². The van der Waals surface area contributed by atoms with E-state index in [2.05, 4.69) is 4.98 Å². The molecule has 2 nitrogen and oxygen atoms in total. The van der Waals surface area contributed by atoms with Gasteiger partial charge in [-0.05, 0) is 19.1 Å². The Kier molecular flexibility index (Phi) is 4.00. The Balaban J connectivity index is 0.000000810. The van der Waals surface area contributed by atoms with E-state index in [0.717, 1.165) is 5.69 Å². The Morgan fingerprint density at radius 2 is 2.20 bits per heavy atom. The minimum absolute atomic E-state index is 0. The molecule has 0 spiro atoms. The number of halogens is 1. The second-order valence-electron chi connectivity index (χ2n) is 2.04. The fourth-order valence-corrected chi connectivity index (χ4v) is 0.645. The molecule has 1 rings (SSSR count). The number of nitrogens with zero attached hydrogens (tertiary/aromatic N) is 1. The second-order valence-corrected chi connectivity index (χ2v) is 2.04. The third-order valence-corrected chi connectivity index (χ3v) is 1.15. The van der Waals surface area contributed by atoms with Crippen molar-refractivity contribution in [2.45, 2.75) is 13.0 Å². The first-order valence-corrected chi connectivity index (χ1v) is 2.97. The Labute approximate surface area is 66.9 Å². The minimum Gasteiger partial charge on any atom is -0.323 e. The zero-order chi connectivity index (χ0) is 6.69. The van der Waals surface area contributed by atoms with E-state index in [1.54, 1.807) is 6.20 Å². The molecule has 1 aromatic heterocycles. The second kappa shape index (κ2) is 4.25. The highest BCUT2D eigenvalue weighted by atomic mass is 35.5. The normalized spacial score (nSPS) is 11.8. The van der Waals surface area contributed by atoms with Crippen LogP contribution in [0.15, 0.2) is 24.4 Å². The van der Waals surface area contributed by atoms with Gasteiger partial charge in [-0.25, -0.2) is 0 Å². The Morgan fingerprint density at radius 1 is 1.50 bits per heavy atom. The summed E-state index contributed by atoms with van der Waals surface area (Å²) in [6.45, 7) is 1.92. The van der Waals surface area contributed by atoms with E-state index in [0.29, 0.717) is 0 Å². The molecule has 0 saturated heterocycles. The van der Waals surface area contributed by atoms with Crippen LogP contribution >= 0.6 is 12.4 Å². The topological polar surface area (TPSA) is 38.9 Å². The van der Waals surface area contributed by atoms with Gasteiger partial charge in [-0.1, -0.05) is 6.07 Å². The lowest BCUT2D eigenvalue weighted by atomic mass is 10.2. The summed E-state index contributed by atoms with van der Waals surface area (Å²) >= 11 is 0. The van der Waals surface area contributed by atoms with Gasteiger partial charge in [0.05, 0.1) is 5.69 Å². The highest BCUT2D eigenvalue weighted by Gasteiger charge is 1.95. The molecule has 3 heteroatoms. The molecular weight excluding hydrogens is 148 g/mol. The predicted octanol–water partition coefficient (Wildman–Crippen LogP) is 1.52. The van der Waals surface area contributed by atoms with Crippen LogP contribution in [0.4, 0.5) is 0 Å². The van der Waals surface area contributed by atoms with E-state index in [-0.39, 0.29) is 18.4 Å². The summed E-state index contributed by atoms with van der Waals surface area (Å²) in [5.41, 5.74) is 6.49. The van der Waals surface area contributed by atoms with Gasteiger partial charge in [0.1, 0.15) is 0 Å². The van der Waals surface area contributed by atoms with Crippen molar-refractivity contribution in [3.63, 3.8) is 0 Å². The average molecular weight is 159 g/mol. The van der Waals surface area contributed by atoms with E-state index in [1.807, 2.05) is 25.1 Å². The summed E-state index contributed by atoms with van der Waals surface area (Å²) < 4.78 is 0. The summed E-state index contributed by atoms with van der Waals surface area (Å²) in [7, 11) is 0. The maximum Gasteiger partial charge on any atom is 0.0568 e. The molecule has 0 aliphatic rings. The van der Waals surface area contributed by atoms with Crippen LogP contribution in [0.5, 0.6) is 0 Å². The molecule has 0 aliphatic carbocycles. The summed E-state index contributed by atoms with van der Waals surface area (Å²) in [5.74, 6) is 0. The average Bonchev–Trinajstić information content (AvgIpc) is 1.90. The summed E-state index contributed by atoms with van der Waals surface area (Å²) in [6.07, 6.45) is 1.75. The van der Waals surface area contributed by atoms with Crippen LogP contribution in [0.25, 0.3) is 0 Å². The molecule has 0 aliphatic heterocycles. The number of aromatic nitrogens is 1. The van der Waals surface area contributed by atoms with E-state index >= 15 is 0 Å². The van der Waals surface area contributed by atoms with Gasteiger partial charge in [0.25, 0.3) is 0 Å². The maximum absolute atomic E-state index is 5.55. The Hall–Kier alpha value is -0.600. The zero-order valence-electron chi connectivity index (χ0n) is 5.82. The van der Waals surface area contributed by atoms with Gasteiger partial charge in [0.2, 0.25) is 0 Å². The molecule has 1 aromatic rings. The van der Waals surface area contributed by atoms with Crippen molar-refractivity contribution in [3.8, 4) is 0 Å². The van der Waals surface area contributed by atoms with Gasteiger partial charge in [0, 0.05) is 12.2 Å². The van der Waals surface area contributed by atoms with E-state index < -0.39 is 0 Å². The minimum atomic E-state index is 0. The smallest absolute Gasteiger partial charge is 0.0568 e. The molecule has 2 N–H and O–H groups in total. The van der Waals surface area contributed by atoms with Crippen molar-refractivity contribution >= 4 is 12.4 Å². The Bertz CT molecular complexity index is 174. The number of rotatable bonds is 1. The predicted molar refractivity (Wildman–Crippen MR) is 44.1 cm³/mol. The Morgan fingerprint density at radius 3 is 2.50 bits per heavy atom. The van der Waals surface area contributed by atoms with Crippen molar-refractivity contribution in [1.82, 2.24) is 4.98 Å². The monoisotopic (exact) mass is 158 g/mol. The zero-order valence-corrected chi connectivity index (χ0v) is 6.64. The maximum atomic E-state index is 5.55. The summed E-state index contributed by atoms with van der Waals surface area (Å²) in [4.78, 5) is 4.05. The highest BCUT2D eigenvalue weighted by molar-refractivity contribution is 5.85. The van der Waals surface area contributed by atoms with Crippen LogP contribution in [-0.4, -0.2) is 4.98 Å².